The van der Waals surface area contributed by atoms with Crippen molar-refractivity contribution in [1.82, 2.24) is 20.4 Å². The Kier molecular flexibility index (Phi) is 8.65. The molecule has 2 aliphatic rings. The number of aliphatic imine (C=N–C) groups is 1. The summed E-state index contributed by atoms with van der Waals surface area (Å²) in [5, 5.41) is 36.0. The minimum Gasteiger partial charge on any atom is -0.480 e. The summed E-state index contributed by atoms with van der Waals surface area (Å²) in [4.78, 5) is 33.2. The van der Waals surface area contributed by atoms with Gasteiger partial charge in [0.05, 0.1) is 28.4 Å². The molecule has 4 N–H and O–H groups in total. The number of hydrogen-bond donors (Lipinski definition) is 4. The number of aliphatic carboxylic acids is 1. The molecule has 0 aliphatic carbocycles. The third kappa shape index (κ3) is 6.11. The molecule has 0 radical (unpaired) electrons. The quantitative estimate of drug-likeness (QED) is 0.138. The van der Waals surface area contributed by atoms with E-state index in [1.807, 2.05) is 34.2 Å². The molecular formula is C28H28Cl2N6O5. The van der Waals surface area contributed by atoms with Crippen molar-refractivity contribution >= 4 is 52.0 Å². The molecule has 1 unspecified atom stereocenters. The first-order valence-electron chi connectivity index (χ1n) is 13.1. The molecule has 3 aromatic rings. The zero-order valence-electron chi connectivity index (χ0n) is 21.9. The number of halogens is 2. The zero-order chi connectivity index (χ0) is 29.1. The Balaban J connectivity index is 1.31. The van der Waals surface area contributed by atoms with Crippen LogP contribution in [-0.4, -0.2) is 70.1 Å². The zero-order valence-corrected chi connectivity index (χ0v) is 23.5. The number of aliphatic hydroxyl groups is 1. The Hall–Kier alpha value is -3.82. The van der Waals surface area contributed by atoms with E-state index in [1.165, 1.54) is 0 Å². The van der Waals surface area contributed by atoms with Gasteiger partial charge in [0.2, 0.25) is 5.96 Å². The first-order chi connectivity index (χ1) is 19.8. The summed E-state index contributed by atoms with van der Waals surface area (Å²) in [5.74, 6) is -1.76. The van der Waals surface area contributed by atoms with Gasteiger partial charge in [-0.05, 0) is 54.2 Å². The fraction of sp³-hybridized carbons (Fsp3) is 0.357. The van der Waals surface area contributed by atoms with E-state index in [1.54, 1.807) is 18.4 Å². The van der Waals surface area contributed by atoms with E-state index in [9.17, 15) is 19.8 Å². The normalized spacial score (nSPS) is 17.1. The lowest BCUT2D eigenvalue weighted by Gasteiger charge is -2.33. The van der Waals surface area contributed by atoms with E-state index in [4.69, 9.17) is 32.9 Å². The van der Waals surface area contributed by atoms with Crippen molar-refractivity contribution in [2.24, 2.45) is 4.99 Å². The number of amides is 1. The standard InChI is InChI=1S/C28H28Cl2N6O5/c29-20-11-18-14-36(26(38)17-4-3-16-6-10-41-22(16)12-17)9-5-19(18)24(30)23(20)25(37)34-21(27(39)40)13-32-28(33-15-31)35-7-1-2-8-35/h3-4,6,10-12,21,26,38H,1-2,5,7-9,13-14H2,(H,32,33)(H,34,37)(H,39,40)/t21-,26?/m0/s1. The lowest BCUT2D eigenvalue weighted by atomic mass is 9.95. The predicted molar refractivity (Wildman–Crippen MR) is 152 cm³/mol. The van der Waals surface area contributed by atoms with E-state index in [0.717, 1.165) is 23.8 Å². The van der Waals surface area contributed by atoms with Crippen LogP contribution in [0.2, 0.25) is 10.0 Å². The van der Waals surface area contributed by atoms with Crippen LogP contribution in [0, 0.1) is 11.5 Å². The summed E-state index contributed by atoms with van der Waals surface area (Å²) in [6, 6.07) is 7.64. The molecule has 13 heteroatoms. The molecule has 0 saturated carbocycles. The van der Waals surface area contributed by atoms with Crippen LogP contribution in [0.4, 0.5) is 0 Å². The van der Waals surface area contributed by atoms with Crippen LogP contribution in [0.15, 0.2) is 46.0 Å². The van der Waals surface area contributed by atoms with E-state index < -0.39 is 24.1 Å². The van der Waals surface area contributed by atoms with Crippen molar-refractivity contribution in [3.63, 3.8) is 0 Å². The number of carboxylic acid groups (broad SMARTS) is 1. The number of carbonyl (C=O) groups excluding carboxylic acids is 1. The molecule has 1 aromatic heterocycles. The van der Waals surface area contributed by atoms with Crippen molar-refractivity contribution in [3.05, 3.63) is 68.9 Å². The fourth-order valence-electron chi connectivity index (χ4n) is 5.22. The highest BCUT2D eigenvalue weighted by Crippen LogP contribution is 2.36. The average Bonchev–Trinajstić information content (AvgIpc) is 3.66. The first-order valence-corrected chi connectivity index (χ1v) is 13.9. The second-order valence-corrected chi connectivity index (χ2v) is 10.7. The third-order valence-electron chi connectivity index (χ3n) is 7.39. The van der Waals surface area contributed by atoms with E-state index in [2.05, 4.69) is 15.6 Å². The largest absolute Gasteiger partial charge is 0.480 e. The van der Waals surface area contributed by atoms with Gasteiger partial charge in [-0.3, -0.25) is 15.0 Å². The Morgan fingerprint density at radius 2 is 1.95 bits per heavy atom. The smallest absolute Gasteiger partial charge is 0.328 e. The molecule has 3 heterocycles. The summed E-state index contributed by atoms with van der Waals surface area (Å²) in [6.45, 7) is 1.91. The minimum atomic E-state index is -1.37. The SMILES string of the molecule is N#CNC(=NC[C@H](NC(=O)c1c(Cl)cc2c(c1Cl)CCN(C(O)c1ccc3ccoc3c1)C2)C(=O)O)N1CCCC1. The molecule has 11 nitrogen and oxygen atoms in total. The van der Waals surface area contributed by atoms with Gasteiger partial charge in [-0.2, -0.15) is 5.26 Å². The molecule has 1 amide bonds. The number of nitrogens with zero attached hydrogens (tertiary/aromatic N) is 4. The molecule has 1 saturated heterocycles. The number of furan rings is 1. The number of hydrogen-bond acceptors (Lipinski definition) is 7. The van der Waals surface area contributed by atoms with Crippen molar-refractivity contribution in [3.8, 4) is 6.19 Å². The molecule has 2 aromatic carbocycles. The molecule has 1 fully saturated rings. The maximum Gasteiger partial charge on any atom is 0.328 e. The van der Waals surface area contributed by atoms with Gasteiger partial charge in [0.25, 0.3) is 5.91 Å². The Bertz CT molecular complexity index is 1540. The second kappa shape index (κ2) is 12.4. The van der Waals surface area contributed by atoms with Crippen LogP contribution in [0.25, 0.3) is 11.0 Å². The van der Waals surface area contributed by atoms with Crippen LogP contribution in [0.5, 0.6) is 0 Å². The minimum absolute atomic E-state index is 0.0190. The molecule has 41 heavy (non-hydrogen) atoms. The fourth-order valence-corrected chi connectivity index (χ4v) is 5.99. The van der Waals surface area contributed by atoms with Gasteiger partial charge in [0.1, 0.15) is 17.9 Å². The monoisotopic (exact) mass is 598 g/mol. The van der Waals surface area contributed by atoms with Crippen LogP contribution < -0.4 is 10.6 Å². The molecule has 0 spiro atoms. The van der Waals surface area contributed by atoms with Gasteiger partial charge >= 0.3 is 5.97 Å². The highest BCUT2D eigenvalue weighted by Gasteiger charge is 2.30. The van der Waals surface area contributed by atoms with Crippen LogP contribution in [-0.2, 0) is 17.8 Å². The summed E-state index contributed by atoms with van der Waals surface area (Å²) in [6.07, 6.45) is 4.85. The molecule has 0 bridgehead atoms. The average molecular weight is 599 g/mol. The molecule has 2 atom stereocenters. The van der Waals surface area contributed by atoms with Gasteiger partial charge in [-0.1, -0.05) is 35.3 Å². The Morgan fingerprint density at radius 3 is 2.68 bits per heavy atom. The third-order valence-corrected chi connectivity index (χ3v) is 8.10. The van der Waals surface area contributed by atoms with Crippen molar-refractivity contribution in [1.29, 1.82) is 5.26 Å². The number of nitriles is 1. The second-order valence-electron chi connectivity index (χ2n) is 9.96. The lowest BCUT2D eigenvalue weighted by molar-refractivity contribution is -0.138. The van der Waals surface area contributed by atoms with E-state index in [0.29, 0.717) is 49.3 Å². The topological polar surface area (TPSA) is 154 Å². The van der Waals surface area contributed by atoms with Crippen LogP contribution in [0.3, 0.4) is 0 Å². The number of benzene rings is 2. The molecular weight excluding hydrogens is 571 g/mol. The number of fused-ring (bicyclic) bond motifs is 2. The maximum absolute atomic E-state index is 13.2. The van der Waals surface area contributed by atoms with Gasteiger partial charge in [-0.25, -0.2) is 9.79 Å². The number of rotatable bonds is 7. The number of guanidine groups is 1. The van der Waals surface area contributed by atoms with E-state index >= 15 is 0 Å². The van der Waals surface area contributed by atoms with Crippen LogP contribution in [0.1, 0.15) is 46.1 Å². The highest BCUT2D eigenvalue weighted by molar-refractivity contribution is 6.40. The number of carbonyl (C=O) groups is 2. The summed E-state index contributed by atoms with van der Waals surface area (Å²) < 4.78 is 5.46. The highest BCUT2D eigenvalue weighted by atomic mass is 35.5. The number of aliphatic hydroxyl groups excluding tert-OH is 1. The Morgan fingerprint density at radius 1 is 1.17 bits per heavy atom. The summed E-state index contributed by atoms with van der Waals surface area (Å²) >= 11 is 13.2. The van der Waals surface area contributed by atoms with Crippen molar-refractivity contribution < 1.29 is 24.2 Å². The molecule has 5 rings (SSSR count). The molecule has 214 valence electrons. The van der Waals surface area contributed by atoms with Gasteiger partial charge < -0.3 is 24.8 Å². The number of carboxylic acids is 1. The first kappa shape index (κ1) is 28.7. The number of likely N-dealkylation sites (tertiary alicyclic amines) is 1. The van der Waals surface area contributed by atoms with Gasteiger partial charge in [-0.15, -0.1) is 0 Å². The molecule has 2 aliphatic heterocycles. The summed E-state index contributed by atoms with van der Waals surface area (Å²) in [5.41, 5.74) is 2.82. The summed E-state index contributed by atoms with van der Waals surface area (Å²) in [7, 11) is 0. The van der Waals surface area contributed by atoms with E-state index in [-0.39, 0.29) is 28.1 Å². The van der Waals surface area contributed by atoms with Crippen LogP contribution >= 0.6 is 23.2 Å². The predicted octanol–water partition coefficient (Wildman–Crippen LogP) is 3.49. The van der Waals surface area contributed by atoms with Gasteiger partial charge in [0.15, 0.2) is 6.19 Å². The lowest BCUT2D eigenvalue weighted by Crippen LogP contribution is -2.45. The van der Waals surface area contributed by atoms with Crippen molar-refractivity contribution in [2.75, 3.05) is 26.2 Å². The number of nitrogens with one attached hydrogen (secondary N) is 2. The van der Waals surface area contributed by atoms with Crippen molar-refractivity contribution in [2.45, 2.75) is 38.1 Å². The maximum atomic E-state index is 13.2. The Labute approximate surface area is 245 Å². The van der Waals surface area contributed by atoms with Gasteiger partial charge in [0, 0.05) is 31.6 Å².